The topological polar surface area (TPSA) is 15.3 Å². The molecule has 0 saturated carbocycles. The monoisotopic (exact) mass is 210 g/mol. The lowest BCUT2D eigenvalue weighted by atomic mass is 10.1. The average Bonchev–Trinajstić information content (AvgIpc) is 2.62. The molecule has 2 aliphatic heterocycles. The zero-order valence-electron chi connectivity index (χ0n) is 10.0. The molecular formula is C13H26N2. The van der Waals surface area contributed by atoms with Gasteiger partial charge < -0.3 is 10.2 Å². The van der Waals surface area contributed by atoms with Crippen molar-refractivity contribution >= 4 is 0 Å². The van der Waals surface area contributed by atoms with E-state index in [1.54, 1.807) is 0 Å². The molecule has 1 unspecified atom stereocenters. The van der Waals surface area contributed by atoms with Crippen LogP contribution in [0.2, 0.25) is 0 Å². The van der Waals surface area contributed by atoms with Crippen LogP contribution in [0.25, 0.3) is 0 Å². The van der Waals surface area contributed by atoms with Gasteiger partial charge >= 0.3 is 0 Å². The second-order valence-electron chi connectivity index (χ2n) is 5.19. The molecular weight excluding hydrogens is 184 g/mol. The Morgan fingerprint density at radius 3 is 2.73 bits per heavy atom. The first-order chi connectivity index (χ1) is 7.45. The summed E-state index contributed by atoms with van der Waals surface area (Å²) in [6, 6.07) is 0.829. The molecule has 0 spiro atoms. The predicted molar refractivity (Wildman–Crippen MR) is 65.2 cm³/mol. The van der Waals surface area contributed by atoms with Gasteiger partial charge in [0.05, 0.1) is 0 Å². The Morgan fingerprint density at radius 1 is 1.00 bits per heavy atom. The number of nitrogens with one attached hydrogen (secondary N) is 1. The molecule has 0 aromatic heterocycles. The van der Waals surface area contributed by atoms with E-state index in [4.69, 9.17) is 0 Å². The van der Waals surface area contributed by atoms with Gasteiger partial charge in [0.25, 0.3) is 0 Å². The molecule has 0 amide bonds. The van der Waals surface area contributed by atoms with Gasteiger partial charge in [0.15, 0.2) is 0 Å². The Balaban J connectivity index is 1.55. The van der Waals surface area contributed by atoms with E-state index in [2.05, 4.69) is 10.2 Å². The maximum Gasteiger partial charge on any atom is 0.00675 e. The van der Waals surface area contributed by atoms with Crippen LogP contribution in [-0.2, 0) is 0 Å². The summed E-state index contributed by atoms with van der Waals surface area (Å²) in [7, 11) is 0. The molecule has 88 valence electrons. The summed E-state index contributed by atoms with van der Waals surface area (Å²) in [6.45, 7) is 5.32. The zero-order valence-corrected chi connectivity index (χ0v) is 10.0. The molecule has 0 aliphatic carbocycles. The number of hydrogen-bond acceptors (Lipinski definition) is 2. The highest BCUT2D eigenvalue weighted by molar-refractivity contribution is 4.72. The van der Waals surface area contributed by atoms with Crippen LogP contribution in [-0.4, -0.2) is 37.1 Å². The van der Waals surface area contributed by atoms with Crippen LogP contribution in [0.5, 0.6) is 0 Å². The molecule has 2 heterocycles. The molecule has 2 saturated heterocycles. The minimum Gasteiger partial charge on any atom is -0.314 e. The molecule has 2 aliphatic rings. The maximum atomic E-state index is 3.69. The third kappa shape index (κ3) is 4.12. The van der Waals surface area contributed by atoms with Crippen LogP contribution >= 0.6 is 0 Å². The molecule has 0 bridgehead atoms. The highest BCUT2D eigenvalue weighted by Crippen LogP contribution is 2.14. The molecule has 0 radical (unpaired) electrons. The summed E-state index contributed by atoms with van der Waals surface area (Å²) >= 11 is 0. The van der Waals surface area contributed by atoms with Gasteiger partial charge in [-0.25, -0.2) is 0 Å². The van der Waals surface area contributed by atoms with Crippen LogP contribution in [0.1, 0.15) is 51.4 Å². The van der Waals surface area contributed by atoms with Crippen molar-refractivity contribution < 1.29 is 0 Å². The van der Waals surface area contributed by atoms with Gasteiger partial charge in [0.1, 0.15) is 0 Å². The van der Waals surface area contributed by atoms with Crippen molar-refractivity contribution in [3.8, 4) is 0 Å². The van der Waals surface area contributed by atoms with E-state index in [9.17, 15) is 0 Å². The Morgan fingerprint density at radius 2 is 1.87 bits per heavy atom. The van der Waals surface area contributed by atoms with Crippen molar-refractivity contribution in [1.29, 1.82) is 0 Å². The quantitative estimate of drug-likeness (QED) is 0.766. The second kappa shape index (κ2) is 6.49. The van der Waals surface area contributed by atoms with Gasteiger partial charge in [0, 0.05) is 6.04 Å². The standard InChI is InChI=1S/C13H26N2/c1-2-7-13(14-9-3-1)8-6-12-15-10-4-5-11-15/h13-14H,1-12H2. The minimum absolute atomic E-state index is 0.829. The Labute approximate surface area is 94.4 Å². The van der Waals surface area contributed by atoms with Gasteiger partial charge in [-0.05, 0) is 64.7 Å². The molecule has 2 fully saturated rings. The summed E-state index contributed by atoms with van der Waals surface area (Å²) < 4.78 is 0. The van der Waals surface area contributed by atoms with Crippen molar-refractivity contribution in [3.05, 3.63) is 0 Å². The van der Waals surface area contributed by atoms with Crippen molar-refractivity contribution in [2.75, 3.05) is 26.2 Å². The third-order valence-electron chi connectivity index (χ3n) is 3.89. The smallest absolute Gasteiger partial charge is 0.00675 e. The Bertz CT molecular complexity index is 156. The lowest BCUT2D eigenvalue weighted by molar-refractivity contribution is 0.317. The normalized spacial score (nSPS) is 29.2. The average molecular weight is 210 g/mol. The summed E-state index contributed by atoms with van der Waals surface area (Å²) in [5.41, 5.74) is 0. The van der Waals surface area contributed by atoms with Crippen molar-refractivity contribution in [3.63, 3.8) is 0 Å². The molecule has 15 heavy (non-hydrogen) atoms. The van der Waals surface area contributed by atoms with E-state index in [0.717, 1.165) is 6.04 Å². The minimum atomic E-state index is 0.829. The largest absolute Gasteiger partial charge is 0.314 e. The van der Waals surface area contributed by atoms with Gasteiger partial charge in [0.2, 0.25) is 0 Å². The van der Waals surface area contributed by atoms with E-state index in [-0.39, 0.29) is 0 Å². The molecule has 0 aromatic rings. The van der Waals surface area contributed by atoms with Gasteiger partial charge in [-0.1, -0.05) is 12.8 Å². The fourth-order valence-electron chi connectivity index (χ4n) is 2.91. The first-order valence-corrected chi connectivity index (χ1v) is 6.91. The van der Waals surface area contributed by atoms with Crippen LogP contribution in [0, 0.1) is 0 Å². The van der Waals surface area contributed by atoms with Crippen molar-refractivity contribution in [1.82, 2.24) is 10.2 Å². The fraction of sp³-hybridized carbons (Fsp3) is 1.00. The predicted octanol–water partition coefficient (Wildman–Crippen LogP) is 2.39. The highest BCUT2D eigenvalue weighted by atomic mass is 15.1. The molecule has 0 aromatic carbocycles. The number of nitrogens with zero attached hydrogens (tertiary/aromatic N) is 1. The van der Waals surface area contributed by atoms with Crippen LogP contribution < -0.4 is 5.32 Å². The summed E-state index contributed by atoms with van der Waals surface area (Å²) in [5.74, 6) is 0. The third-order valence-corrected chi connectivity index (χ3v) is 3.89. The van der Waals surface area contributed by atoms with Gasteiger partial charge in [-0.2, -0.15) is 0 Å². The van der Waals surface area contributed by atoms with Crippen LogP contribution in [0.4, 0.5) is 0 Å². The second-order valence-corrected chi connectivity index (χ2v) is 5.19. The lowest BCUT2D eigenvalue weighted by Crippen LogP contribution is -2.29. The lowest BCUT2D eigenvalue weighted by Gasteiger charge is -2.18. The van der Waals surface area contributed by atoms with Crippen LogP contribution in [0.3, 0.4) is 0 Å². The molecule has 2 nitrogen and oxygen atoms in total. The van der Waals surface area contributed by atoms with E-state index in [1.807, 2.05) is 0 Å². The van der Waals surface area contributed by atoms with Crippen LogP contribution in [0.15, 0.2) is 0 Å². The number of likely N-dealkylation sites (tertiary alicyclic amines) is 1. The number of hydrogen-bond donors (Lipinski definition) is 1. The maximum absolute atomic E-state index is 3.69. The number of rotatable bonds is 4. The molecule has 2 heteroatoms. The van der Waals surface area contributed by atoms with E-state index < -0.39 is 0 Å². The highest BCUT2D eigenvalue weighted by Gasteiger charge is 2.13. The Hall–Kier alpha value is -0.0800. The fourth-order valence-corrected chi connectivity index (χ4v) is 2.91. The van der Waals surface area contributed by atoms with E-state index in [1.165, 1.54) is 77.5 Å². The van der Waals surface area contributed by atoms with Gasteiger partial charge in [-0.15, -0.1) is 0 Å². The van der Waals surface area contributed by atoms with Gasteiger partial charge in [-0.3, -0.25) is 0 Å². The Kier molecular flexibility index (Phi) is 4.94. The summed E-state index contributed by atoms with van der Waals surface area (Å²) in [5, 5.41) is 3.69. The molecule has 2 rings (SSSR count). The molecule has 1 atom stereocenters. The van der Waals surface area contributed by atoms with E-state index >= 15 is 0 Å². The van der Waals surface area contributed by atoms with Crippen molar-refractivity contribution in [2.24, 2.45) is 0 Å². The van der Waals surface area contributed by atoms with E-state index in [0.29, 0.717) is 0 Å². The summed E-state index contributed by atoms with van der Waals surface area (Å²) in [4.78, 5) is 2.64. The first kappa shape index (κ1) is 11.4. The molecule has 1 N–H and O–H groups in total. The zero-order chi connectivity index (χ0) is 10.3. The first-order valence-electron chi connectivity index (χ1n) is 6.91. The SMILES string of the molecule is C1CCNC(CCCN2CCCC2)CC1. The summed E-state index contributed by atoms with van der Waals surface area (Å²) in [6.07, 6.45) is 11.4. The van der Waals surface area contributed by atoms with Crippen molar-refractivity contribution in [2.45, 2.75) is 57.4 Å².